The number of nitrogens with one attached hydrogen (secondary N) is 1. The number of benzene rings is 6. The highest BCUT2D eigenvalue weighted by atomic mass is 15.2. The van der Waals surface area contributed by atoms with Crippen LogP contribution in [0.4, 0.5) is 17.1 Å². The minimum absolute atomic E-state index is 0.0933. The van der Waals surface area contributed by atoms with Crippen molar-refractivity contribution in [1.82, 2.24) is 9.88 Å². The average molecular weight is 708 g/mol. The summed E-state index contributed by atoms with van der Waals surface area (Å²) in [5.74, 6) is 0.830. The molecule has 55 heavy (non-hydrogen) atoms. The molecule has 7 aromatic rings. The number of rotatable bonds is 4. The van der Waals surface area contributed by atoms with Gasteiger partial charge >= 0.3 is 0 Å². The molecule has 1 N–H and O–H groups in total. The van der Waals surface area contributed by atoms with Crippen LogP contribution < -0.4 is 10.2 Å². The van der Waals surface area contributed by atoms with E-state index in [9.17, 15) is 0 Å². The second kappa shape index (κ2) is 12.5. The molecular weight excluding hydrogens is 667 g/mol. The maximum atomic E-state index is 3.51. The van der Waals surface area contributed by atoms with Gasteiger partial charge in [0.25, 0.3) is 0 Å². The Labute approximate surface area is 322 Å². The fourth-order valence-corrected chi connectivity index (χ4v) is 9.76. The highest BCUT2D eigenvalue weighted by Gasteiger charge is 2.40. The van der Waals surface area contributed by atoms with E-state index in [0.29, 0.717) is 11.8 Å². The molecule has 3 atom stereocenters. The first-order chi connectivity index (χ1) is 27.2. The molecule has 1 aromatic heterocycles. The predicted molar refractivity (Wildman–Crippen MR) is 231 cm³/mol. The molecule has 0 bridgehead atoms. The largest absolute Gasteiger partial charge is 0.390 e. The summed E-state index contributed by atoms with van der Waals surface area (Å²) < 4.78 is 2.49. The number of anilines is 3. The normalized spacial score (nSPS) is 20.9. The van der Waals surface area contributed by atoms with Gasteiger partial charge in [0, 0.05) is 57.2 Å². The standard InChI is InChI=1S/C52H41N3/c1-52-34-53-31-30-40(52)15-11-20-46(52)37-26-24-36(25-27-37)39-14-10-16-41(32-39)54-47-21-7-4-17-43(47)50-44-18-5-8-22-48(44)55(51(50)45-19-6-9-23-49(45)54)42-29-28-35-12-2-3-13-38(35)33-42/h2-26,28-33,37,40,53H,27,34H2,1H3. The van der Waals surface area contributed by atoms with Crippen LogP contribution in [0.1, 0.15) is 18.9 Å². The van der Waals surface area contributed by atoms with E-state index >= 15 is 0 Å². The van der Waals surface area contributed by atoms with Crippen LogP contribution in [0, 0.1) is 17.3 Å². The first-order valence-electron chi connectivity index (χ1n) is 19.5. The van der Waals surface area contributed by atoms with Crippen LogP contribution in [0.25, 0.3) is 55.3 Å². The van der Waals surface area contributed by atoms with Gasteiger partial charge in [-0.3, -0.25) is 0 Å². The van der Waals surface area contributed by atoms with Crippen molar-refractivity contribution in [3.05, 3.63) is 199 Å². The van der Waals surface area contributed by atoms with Gasteiger partial charge in [-0.05, 0) is 77.0 Å². The summed E-state index contributed by atoms with van der Waals surface area (Å²) in [7, 11) is 0. The molecule has 0 amide bonds. The molecule has 11 rings (SSSR count). The number of nitrogens with zero attached hydrogens (tertiary/aromatic N) is 2. The Morgan fingerprint density at radius 3 is 2.33 bits per heavy atom. The first-order valence-corrected chi connectivity index (χ1v) is 19.5. The molecule has 0 spiro atoms. The Morgan fingerprint density at radius 1 is 0.673 bits per heavy atom. The van der Waals surface area contributed by atoms with Crippen molar-refractivity contribution in [3.63, 3.8) is 0 Å². The Bertz CT molecular complexity index is 2840. The number of allylic oxidation sites excluding steroid dienone is 8. The van der Waals surface area contributed by atoms with E-state index in [2.05, 4.69) is 210 Å². The van der Waals surface area contributed by atoms with Gasteiger partial charge in [-0.25, -0.2) is 0 Å². The van der Waals surface area contributed by atoms with Crippen molar-refractivity contribution >= 4 is 44.3 Å². The summed E-state index contributed by atoms with van der Waals surface area (Å²) in [5.41, 5.74) is 14.9. The van der Waals surface area contributed by atoms with E-state index in [0.717, 1.165) is 24.3 Å². The van der Waals surface area contributed by atoms with Crippen LogP contribution in [0.3, 0.4) is 0 Å². The van der Waals surface area contributed by atoms with Crippen LogP contribution in [0.5, 0.6) is 0 Å². The van der Waals surface area contributed by atoms with E-state index < -0.39 is 0 Å². The number of hydrogen-bond acceptors (Lipinski definition) is 2. The van der Waals surface area contributed by atoms with Gasteiger partial charge in [-0.2, -0.15) is 0 Å². The van der Waals surface area contributed by atoms with Crippen LogP contribution in [0.15, 0.2) is 194 Å². The van der Waals surface area contributed by atoms with Gasteiger partial charge in [0.05, 0.1) is 22.6 Å². The molecule has 3 nitrogen and oxygen atoms in total. The molecule has 2 aliphatic carbocycles. The zero-order chi connectivity index (χ0) is 36.5. The highest BCUT2D eigenvalue weighted by Crippen LogP contribution is 2.55. The van der Waals surface area contributed by atoms with Gasteiger partial charge in [0.15, 0.2) is 0 Å². The number of hydrogen-bond donors (Lipinski definition) is 1. The summed E-state index contributed by atoms with van der Waals surface area (Å²) in [6.45, 7) is 3.39. The first kappa shape index (κ1) is 31.9. The summed E-state index contributed by atoms with van der Waals surface area (Å²) in [5, 5.41) is 7.24. The fourth-order valence-electron chi connectivity index (χ4n) is 9.76. The van der Waals surface area contributed by atoms with Crippen LogP contribution in [-0.4, -0.2) is 11.1 Å². The Hall–Kier alpha value is -6.58. The molecule has 3 unspecified atom stereocenters. The van der Waals surface area contributed by atoms with E-state index in [1.807, 2.05) is 0 Å². The highest BCUT2D eigenvalue weighted by molar-refractivity contribution is 6.13. The van der Waals surface area contributed by atoms with Gasteiger partial charge < -0.3 is 14.8 Å². The van der Waals surface area contributed by atoms with E-state index in [-0.39, 0.29) is 5.41 Å². The Kier molecular flexibility index (Phi) is 7.25. The second-order valence-corrected chi connectivity index (χ2v) is 15.6. The summed E-state index contributed by atoms with van der Waals surface area (Å²) in [6.07, 6.45) is 19.7. The molecule has 0 radical (unpaired) electrons. The third-order valence-electron chi connectivity index (χ3n) is 12.5. The molecule has 264 valence electrons. The summed E-state index contributed by atoms with van der Waals surface area (Å²) in [6, 6.07) is 51.4. The van der Waals surface area contributed by atoms with Gasteiger partial charge in [0.2, 0.25) is 0 Å². The topological polar surface area (TPSA) is 20.2 Å². The van der Waals surface area contributed by atoms with Gasteiger partial charge in [-0.1, -0.05) is 152 Å². The molecule has 0 saturated carbocycles. The van der Waals surface area contributed by atoms with Crippen LogP contribution >= 0.6 is 0 Å². The average Bonchev–Trinajstić information content (AvgIpc) is 3.52. The molecule has 4 aliphatic rings. The maximum Gasteiger partial charge on any atom is 0.0641 e. The molecule has 6 aromatic carbocycles. The van der Waals surface area contributed by atoms with Crippen LogP contribution in [-0.2, 0) is 0 Å². The smallest absolute Gasteiger partial charge is 0.0641 e. The van der Waals surface area contributed by atoms with Crippen molar-refractivity contribution in [2.45, 2.75) is 13.3 Å². The summed E-state index contributed by atoms with van der Waals surface area (Å²) >= 11 is 0. The molecule has 3 heterocycles. The monoisotopic (exact) mass is 707 g/mol. The second-order valence-electron chi connectivity index (χ2n) is 15.6. The zero-order valence-corrected chi connectivity index (χ0v) is 30.9. The molecular formula is C52H41N3. The van der Waals surface area contributed by atoms with Crippen molar-refractivity contribution in [2.24, 2.45) is 17.3 Å². The summed E-state index contributed by atoms with van der Waals surface area (Å²) in [4.78, 5) is 2.48. The molecule has 0 saturated heterocycles. The molecule has 0 fully saturated rings. The lowest BCUT2D eigenvalue weighted by atomic mass is 9.63. The van der Waals surface area contributed by atoms with Gasteiger partial charge in [0.1, 0.15) is 0 Å². The van der Waals surface area contributed by atoms with Crippen molar-refractivity contribution < 1.29 is 0 Å². The maximum absolute atomic E-state index is 3.51. The number of para-hydroxylation sites is 3. The van der Waals surface area contributed by atoms with E-state index in [1.54, 1.807) is 0 Å². The van der Waals surface area contributed by atoms with Crippen molar-refractivity contribution in [3.8, 4) is 28.1 Å². The third kappa shape index (κ3) is 4.96. The predicted octanol–water partition coefficient (Wildman–Crippen LogP) is 13.1. The number of fused-ring (bicyclic) bond motifs is 9. The number of aromatic nitrogens is 1. The van der Waals surface area contributed by atoms with Crippen molar-refractivity contribution in [1.29, 1.82) is 0 Å². The molecule has 2 aliphatic heterocycles. The lowest BCUT2D eigenvalue weighted by Crippen LogP contribution is -2.42. The third-order valence-corrected chi connectivity index (χ3v) is 12.5. The van der Waals surface area contributed by atoms with Crippen LogP contribution in [0.2, 0.25) is 0 Å². The lowest BCUT2D eigenvalue weighted by molar-refractivity contribution is 0.285. The Balaban J connectivity index is 1.04. The van der Waals surface area contributed by atoms with E-state index in [4.69, 9.17) is 0 Å². The van der Waals surface area contributed by atoms with E-state index in [1.165, 1.54) is 72.1 Å². The molecule has 3 heteroatoms. The zero-order valence-electron chi connectivity index (χ0n) is 30.9. The minimum Gasteiger partial charge on any atom is -0.390 e. The quantitative estimate of drug-likeness (QED) is 0.196. The lowest BCUT2D eigenvalue weighted by Gasteiger charge is -2.44. The van der Waals surface area contributed by atoms with Gasteiger partial charge in [-0.15, -0.1) is 0 Å². The fraction of sp³-hybridized carbons (Fsp3) is 0.115. The van der Waals surface area contributed by atoms with Crippen molar-refractivity contribution in [2.75, 3.05) is 11.4 Å². The Morgan fingerprint density at radius 2 is 1.45 bits per heavy atom. The SMILES string of the molecule is CC12CNC=CC1C=CC=C2C1C=CC(c2cccc(N3c4ccccc4-c4c(n(-c5ccc6ccccc6c5)c5ccccc45)-c4ccccc43)c2)=CC1. The minimum atomic E-state index is 0.0933.